The van der Waals surface area contributed by atoms with Gasteiger partial charge in [-0.25, -0.2) is 9.18 Å². The Morgan fingerprint density at radius 2 is 2.18 bits per heavy atom. The smallest absolute Gasteiger partial charge is 0.335 e. The number of nitrogens with one attached hydrogen (secondary N) is 1. The molecule has 1 aromatic rings. The number of aromatic carboxylic acids is 1. The first-order valence-corrected chi connectivity index (χ1v) is 5.36. The second kappa shape index (κ2) is 6.15. The summed E-state index contributed by atoms with van der Waals surface area (Å²) in [5, 5.41) is 11.8. The summed E-state index contributed by atoms with van der Waals surface area (Å²) in [6.07, 6.45) is 1.99. The van der Waals surface area contributed by atoms with Gasteiger partial charge in [-0.05, 0) is 32.0 Å². The number of carbonyl (C=O) groups is 1. The number of hydrogen-bond donors (Lipinski definition) is 2. The summed E-state index contributed by atoms with van der Waals surface area (Å²) in [5.74, 6) is -1.43. The van der Waals surface area contributed by atoms with Gasteiger partial charge >= 0.3 is 5.97 Å². The number of hydrogen-bond acceptors (Lipinski definition) is 2. The number of allylic oxidation sites excluding steroid dienone is 1. The maximum Gasteiger partial charge on any atom is 0.335 e. The van der Waals surface area contributed by atoms with Gasteiger partial charge in [-0.1, -0.05) is 11.6 Å². The lowest BCUT2D eigenvalue weighted by Gasteiger charge is -2.05. The van der Waals surface area contributed by atoms with E-state index in [-0.39, 0.29) is 11.4 Å². The molecule has 1 rings (SSSR count). The molecule has 0 aromatic heterocycles. The van der Waals surface area contributed by atoms with Gasteiger partial charge in [0.25, 0.3) is 0 Å². The maximum atomic E-state index is 13.4. The van der Waals surface area contributed by atoms with Crippen LogP contribution in [0, 0.1) is 5.82 Å². The minimum Gasteiger partial charge on any atom is -0.478 e. The summed E-state index contributed by atoms with van der Waals surface area (Å²) in [6, 6.07) is 3.80. The van der Waals surface area contributed by atoms with Crippen molar-refractivity contribution in [3.05, 3.63) is 46.8 Å². The van der Waals surface area contributed by atoms with Crippen molar-refractivity contribution < 1.29 is 14.3 Å². The van der Waals surface area contributed by atoms with Gasteiger partial charge in [0.1, 0.15) is 5.82 Å². The summed E-state index contributed by atoms with van der Waals surface area (Å²) < 4.78 is 13.4. The van der Waals surface area contributed by atoms with Crippen molar-refractivity contribution in [2.45, 2.75) is 20.4 Å². The lowest BCUT2D eigenvalue weighted by Crippen LogP contribution is -2.15. The third-order valence-electron chi connectivity index (χ3n) is 2.26. The van der Waals surface area contributed by atoms with Gasteiger partial charge in [0, 0.05) is 18.7 Å². The van der Waals surface area contributed by atoms with Gasteiger partial charge in [-0.15, -0.1) is 0 Å². The van der Waals surface area contributed by atoms with Gasteiger partial charge in [0.2, 0.25) is 0 Å². The van der Waals surface area contributed by atoms with E-state index in [9.17, 15) is 9.18 Å². The van der Waals surface area contributed by atoms with Crippen LogP contribution in [-0.2, 0) is 6.54 Å². The Bertz CT molecular complexity index is 437. The Kier molecular flexibility index (Phi) is 4.84. The molecule has 0 atom stereocenters. The van der Waals surface area contributed by atoms with Gasteiger partial charge in [0.15, 0.2) is 0 Å². The number of rotatable bonds is 5. The van der Waals surface area contributed by atoms with Crippen molar-refractivity contribution in [1.82, 2.24) is 5.32 Å². The maximum absolute atomic E-state index is 13.4. The van der Waals surface area contributed by atoms with Crippen molar-refractivity contribution in [1.29, 1.82) is 0 Å². The van der Waals surface area contributed by atoms with Crippen molar-refractivity contribution in [2.75, 3.05) is 6.54 Å². The van der Waals surface area contributed by atoms with Crippen molar-refractivity contribution >= 4 is 5.97 Å². The molecule has 0 saturated heterocycles. The molecule has 0 heterocycles. The third-order valence-corrected chi connectivity index (χ3v) is 2.26. The fourth-order valence-electron chi connectivity index (χ4n) is 1.33. The van der Waals surface area contributed by atoms with E-state index in [0.29, 0.717) is 18.7 Å². The first-order valence-electron chi connectivity index (χ1n) is 5.36. The first kappa shape index (κ1) is 13.4. The van der Waals surface area contributed by atoms with E-state index in [2.05, 4.69) is 5.32 Å². The highest BCUT2D eigenvalue weighted by atomic mass is 19.1. The highest BCUT2D eigenvalue weighted by Gasteiger charge is 2.07. The van der Waals surface area contributed by atoms with Crippen LogP contribution in [0.3, 0.4) is 0 Å². The van der Waals surface area contributed by atoms with E-state index in [1.54, 1.807) is 0 Å². The van der Waals surface area contributed by atoms with Gasteiger partial charge in [-0.3, -0.25) is 0 Å². The van der Waals surface area contributed by atoms with Crippen LogP contribution in [0.25, 0.3) is 0 Å². The molecule has 0 aliphatic rings. The van der Waals surface area contributed by atoms with Crippen LogP contribution in [0.1, 0.15) is 29.8 Å². The molecule has 0 radical (unpaired) electrons. The minimum atomic E-state index is -1.05. The number of carboxylic acid groups (broad SMARTS) is 1. The fourth-order valence-corrected chi connectivity index (χ4v) is 1.33. The Labute approximate surface area is 100.0 Å². The van der Waals surface area contributed by atoms with Crippen molar-refractivity contribution in [3.63, 3.8) is 0 Å². The standard InChI is InChI=1S/C13H16FNO2/c1-9(2)5-6-15-8-11-7-10(13(16)17)3-4-12(11)14/h3-5,7,15H,6,8H2,1-2H3,(H,16,17). The SMILES string of the molecule is CC(C)=CCNCc1cc(C(=O)O)ccc1F. The second-order valence-corrected chi connectivity index (χ2v) is 4.02. The number of benzene rings is 1. The predicted molar refractivity (Wildman–Crippen MR) is 64.5 cm³/mol. The van der Waals surface area contributed by atoms with Gasteiger partial charge in [-0.2, -0.15) is 0 Å². The monoisotopic (exact) mass is 237 g/mol. The summed E-state index contributed by atoms with van der Waals surface area (Å²) in [4.78, 5) is 10.7. The Morgan fingerprint density at radius 3 is 2.76 bits per heavy atom. The van der Waals surface area contributed by atoms with Crippen molar-refractivity contribution in [2.24, 2.45) is 0 Å². The zero-order valence-electron chi connectivity index (χ0n) is 9.96. The molecule has 0 aliphatic carbocycles. The van der Waals surface area contributed by atoms with Crippen molar-refractivity contribution in [3.8, 4) is 0 Å². The molecule has 0 fully saturated rings. The van der Waals surface area contributed by atoms with Crippen LogP contribution >= 0.6 is 0 Å². The van der Waals surface area contributed by atoms with E-state index in [1.165, 1.54) is 23.8 Å². The van der Waals surface area contributed by atoms with Crippen LogP contribution in [0.4, 0.5) is 4.39 Å². The summed E-state index contributed by atoms with van der Waals surface area (Å²) in [6.45, 7) is 4.91. The molecule has 0 amide bonds. The molecular formula is C13H16FNO2. The zero-order chi connectivity index (χ0) is 12.8. The van der Waals surface area contributed by atoms with E-state index in [1.807, 2.05) is 19.9 Å². The normalized spacial score (nSPS) is 10.1. The molecule has 0 aliphatic heterocycles. The Morgan fingerprint density at radius 1 is 1.47 bits per heavy atom. The molecule has 0 bridgehead atoms. The lowest BCUT2D eigenvalue weighted by atomic mass is 10.1. The molecule has 4 heteroatoms. The van der Waals surface area contributed by atoms with Crippen LogP contribution in [0.5, 0.6) is 0 Å². The minimum absolute atomic E-state index is 0.102. The molecule has 92 valence electrons. The fraction of sp³-hybridized carbons (Fsp3) is 0.308. The molecular weight excluding hydrogens is 221 g/mol. The highest BCUT2D eigenvalue weighted by molar-refractivity contribution is 5.87. The third kappa shape index (κ3) is 4.36. The van der Waals surface area contributed by atoms with Crippen LogP contribution in [0.15, 0.2) is 29.8 Å². The Balaban J connectivity index is 2.66. The van der Waals surface area contributed by atoms with Crippen LogP contribution in [0.2, 0.25) is 0 Å². The van der Waals surface area contributed by atoms with Gasteiger partial charge < -0.3 is 10.4 Å². The largest absolute Gasteiger partial charge is 0.478 e. The first-order chi connectivity index (χ1) is 8.00. The molecule has 0 unspecified atom stereocenters. The lowest BCUT2D eigenvalue weighted by molar-refractivity contribution is 0.0696. The predicted octanol–water partition coefficient (Wildman–Crippen LogP) is 2.58. The summed E-state index contributed by atoms with van der Waals surface area (Å²) in [7, 11) is 0. The number of carboxylic acids is 1. The summed E-state index contributed by atoms with van der Waals surface area (Å²) >= 11 is 0. The molecule has 17 heavy (non-hydrogen) atoms. The molecule has 2 N–H and O–H groups in total. The van der Waals surface area contributed by atoms with E-state index in [4.69, 9.17) is 5.11 Å². The average molecular weight is 237 g/mol. The second-order valence-electron chi connectivity index (χ2n) is 4.02. The Hall–Kier alpha value is -1.68. The number of halogens is 1. The van der Waals surface area contributed by atoms with Crippen LogP contribution in [-0.4, -0.2) is 17.6 Å². The molecule has 3 nitrogen and oxygen atoms in total. The van der Waals surface area contributed by atoms with E-state index >= 15 is 0 Å². The topological polar surface area (TPSA) is 49.3 Å². The average Bonchev–Trinajstić information content (AvgIpc) is 2.25. The highest BCUT2D eigenvalue weighted by Crippen LogP contribution is 2.10. The summed E-state index contributed by atoms with van der Waals surface area (Å²) in [5.41, 5.74) is 1.65. The van der Waals surface area contributed by atoms with E-state index in [0.717, 1.165) is 0 Å². The van der Waals surface area contributed by atoms with Crippen LogP contribution < -0.4 is 5.32 Å². The molecule has 0 spiro atoms. The van der Waals surface area contributed by atoms with E-state index < -0.39 is 5.97 Å². The zero-order valence-corrected chi connectivity index (χ0v) is 9.96. The van der Waals surface area contributed by atoms with Gasteiger partial charge in [0.05, 0.1) is 5.56 Å². The quantitative estimate of drug-likeness (QED) is 0.611. The molecule has 1 aromatic carbocycles. The molecule has 0 saturated carbocycles.